The van der Waals surface area contributed by atoms with E-state index in [2.05, 4.69) is 10.3 Å². The highest BCUT2D eigenvalue weighted by Gasteiger charge is 2.08. The Morgan fingerprint density at radius 1 is 1.26 bits per heavy atom. The number of hydrogen-bond donors (Lipinski definition) is 2. The number of ether oxygens (including phenoxy) is 2. The first-order valence-electron chi connectivity index (χ1n) is 5.88. The van der Waals surface area contributed by atoms with Crippen molar-refractivity contribution in [3.05, 3.63) is 28.7 Å². The Balaban J connectivity index is 2.03. The van der Waals surface area contributed by atoms with Gasteiger partial charge in [0, 0.05) is 36.7 Å². The van der Waals surface area contributed by atoms with Gasteiger partial charge in [-0.15, -0.1) is 11.3 Å². The summed E-state index contributed by atoms with van der Waals surface area (Å²) in [4.78, 5) is 4.23. The summed E-state index contributed by atoms with van der Waals surface area (Å²) in [7, 11) is 3.19. The van der Waals surface area contributed by atoms with Crippen molar-refractivity contribution in [2.24, 2.45) is 0 Å². The van der Waals surface area contributed by atoms with Crippen LogP contribution in [0.4, 0.5) is 11.4 Å². The summed E-state index contributed by atoms with van der Waals surface area (Å²) >= 11 is 1.65. The number of benzene rings is 1. The molecule has 0 aliphatic carbocycles. The Morgan fingerprint density at radius 2 is 2.00 bits per heavy atom. The van der Waals surface area contributed by atoms with E-state index in [0.717, 1.165) is 23.7 Å². The number of nitrogen functional groups attached to an aromatic ring is 1. The zero-order valence-corrected chi connectivity index (χ0v) is 11.8. The Bertz CT molecular complexity index is 529. The van der Waals surface area contributed by atoms with Gasteiger partial charge in [-0.05, 0) is 0 Å². The van der Waals surface area contributed by atoms with Crippen LogP contribution in [0.15, 0.2) is 23.7 Å². The van der Waals surface area contributed by atoms with Crippen molar-refractivity contribution in [1.29, 1.82) is 0 Å². The van der Waals surface area contributed by atoms with Crippen molar-refractivity contribution in [3.63, 3.8) is 0 Å². The van der Waals surface area contributed by atoms with E-state index in [4.69, 9.17) is 15.2 Å². The van der Waals surface area contributed by atoms with Crippen LogP contribution in [-0.4, -0.2) is 25.7 Å². The highest BCUT2D eigenvalue weighted by Crippen LogP contribution is 2.34. The van der Waals surface area contributed by atoms with E-state index in [0.29, 0.717) is 17.2 Å². The van der Waals surface area contributed by atoms with Crippen molar-refractivity contribution < 1.29 is 9.47 Å². The molecule has 3 N–H and O–H groups in total. The molecule has 0 saturated carbocycles. The molecule has 2 rings (SSSR count). The van der Waals surface area contributed by atoms with Crippen LogP contribution >= 0.6 is 11.3 Å². The third-order valence-electron chi connectivity index (χ3n) is 2.69. The first kappa shape index (κ1) is 13.5. The third-order valence-corrected chi connectivity index (χ3v) is 3.53. The monoisotopic (exact) mass is 279 g/mol. The summed E-state index contributed by atoms with van der Waals surface area (Å²) in [5, 5.41) is 6.36. The number of nitrogens with zero attached hydrogens (tertiary/aromatic N) is 1. The fourth-order valence-corrected chi connectivity index (χ4v) is 2.35. The van der Waals surface area contributed by atoms with Gasteiger partial charge in [-0.2, -0.15) is 0 Å². The number of nitrogens with two attached hydrogens (primary N) is 1. The molecule has 0 atom stereocenters. The van der Waals surface area contributed by atoms with Gasteiger partial charge < -0.3 is 20.5 Å². The number of thiazole rings is 1. The van der Waals surface area contributed by atoms with E-state index < -0.39 is 0 Å². The van der Waals surface area contributed by atoms with Crippen LogP contribution in [0.25, 0.3) is 0 Å². The molecule has 1 aromatic heterocycles. The number of nitrogens with one attached hydrogen (secondary N) is 1. The van der Waals surface area contributed by atoms with Crippen LogP contribution in [0, 0.1) is 0 Å². The molecular weight excluding hydrogens is 262 g/mol. The smallest absolute Gasteiger partial charge is 0.162 e. The molecule has 0 unspecified atom stereocenters. The molecule has 0 aliphatic rings. The summed E-state index contributed by atoms with van der Waals surface area (Å²) in [5.41, 5.74) is 7.45. The average Bonchev–Trinajstić information content (AvgIpc) is 2.93. The van der Waals surface area contributed by atoms with Crippen LogP contribution in [0.3, 0.4) is 0 Å². The molecule has 1 aromatic carbocycles. The van der Waals surface area contributed by atoms with Gasteiger partial charge in [0.15, 0.2) is 11.5 Å². The maximum atomic E-state index is 5.97. The molecule has 0 fully saturated rings. The topological polar surface area (TPSA) is 69.4 Å². The van der Waals surface area contributed by atoms with E-state index >= 15 is 0 Å². The third kappa shape index (κ3) is 3.29. The summed E-state index contributed by atoms with van der Waals surface area (Å²) in [6, 6.07) is 3.60. The zero-order chi connectivity index (χ0) is 13.7. The van der Waals surface area contributed by atoms with Crippen LogP contribution in [0.5, 0.6) is 11.5 Å². The van der Waals surface area contributed by atoms with Gasteiger partial charge in [0.1, 0.15) is 0 Å². The second kappa shape index (κ2) is 6.29. The Morgan fingerprint density at radius 3 is 2.63 bits per heavy atom. The number of hydrogen-bond acceptors (Lipinski definition) is 6. The Hall–Kier alpha value is -1.95. The highest BCUT2D eigenvalue weighted by molar-refractivity contribution is 7.09. The van der Waals surface area contributed by atoms with E-state index in [1.807, 2.05) is 17.6 Å². The lowest BCUT2D eigenvalue weighted by Crippen LogP contribution is -2.07. The molecule has 0 aliphatic heterocycles. The molecule has 0 amide bonds. The summed E-state index contributed by atoms with van der Waals surface area (Å²) in [5.74, 6) is 1.29. The summed E-state index contributed by atoms with van der Waals surface area (Å²) in [6.45, 7) is 0.771. The number of anilines is 2. The molecule has 5 nitrogen and oxygen atoms in total. The van der Waals surface area contributed by atoms with E-state index in [-0.39, 0.29) is 0 Å². The fourth-order valence-electron chi connectivity index (χ4n) is 1.73. The molecule has 0 bridgehead atoms. The van der Waals surface area contributed by atoms with Gasteiger partial charge in [-0.1, -0.05) is 0 Å². The quantitative estimate of drug-likeness (QED) is 0.795. The van der Waals surface area contributed by atoms with Gasteiger partial charge in [-0.25, -0.2) is 4.98 Å². The predicted octanol–water partition coefficient (Wildman–Crippen LogP) is 2.40. The van der Waals surface area contributed by atoms with Crippen LogP contribution in [-0.2, 0) is 6.42 Å². The Labute approximate surface area is 116 Å². The van der Waals surface area contributed by atoms with Crippen LogP contribution < -0.4 is 20.5 Å². The molecule has 0 radical (unpaired) electrons. The number of methoxy groups -OCH3 is 2. The van der Waals surface area contributed by atoms with Gasteiger partial charge in [0.05, 0.1) is 30.6 Å². The molecule has 19 heavy (non-hydrogen) atoms. The molecule has 2 aromatic rings. The minimum absolute atomic E-state index is 0.630. The van der Waals surface area contributed by atoms with Crippen LogP contribution in [0.2, 0.25) is 0 Å². The molecule has 0 saturated heterocycles. The van der Waals surface area contributed by atoms with Gasteiger partial charge in [0.2, 0.25) is 0 Å². The molecule has 0 spiro atoms. The lowest BCUT2D eigenvalue weighted by molar-refractivity contribution is 0.355. The SMILES string of the molecule is COc1cc(N)c(NCCc2nccs2)cc1OC. The fraction of sp³-hybridized carbons (Fsp3) is 0.308. The molecular formula is C13H17N3O2S. The van der Waals surface area contributed by atoms with Gasteiger partial charge in [-0.3, -0.25) is 0 Å². The summed E-state index contributed by atoms with van der Waals surface area (Å²) < 4.78 is 10.4. The van der Waals surface area contributed by atoms with Crippen molar-refractivity contribution in [3.8, 4) is 11.5 Å². The second-order valence-electron chi connectivity index (χ2n) is 3.90. The number of rotatable bonds is 6. The van der Waals surface area contributed by atoms with Crippen molar-refractivity contribution in [2.45, 2.75) is 6.42 Å². The molecule has 102 valence electrons. The minimum atomic E-state index is 0.630. The van der Waals surface area contributed by atoms with Crippen molar-refractivity contribution in [1.82, 2.24) is 4.98 Å². The van der Waals surface area contributed by atoms with Crippen molar-refractivity contribution >= 4 is 22.7 Å². The van der Waals surface area contributed by atoms with Gasteiger partial charge >= 0.3 is 0 Å². The zero-order valence-electron chi connectivity index (χ0n) is 11.0. The first-order chi connectivity index (χ1) is 9.24. The maximum Gasteiger partial charge on any atom is 0.162 e. The normalized spacial score (nSPS) is 10.2. The van der Waals surface area contributed by atoms with Crippen LogP contribution in [0.1, 0.15) is 5.01 Å². The maximum absolute atomic E-state index is 5.97. The Kier molecular flexibility index (Phi) is 4.46. The lowest BCUT2D eigenvalue weighted by atomic mass is 10.2. The second-order valence-corrected chi connectivity index (χ2v) is 4.88. The van der Waals surface area contributed by atoms with Gasteiger partial charge in [0.25, 0.3) is 0 Å². The minimum Gasteiger partial charge on any atom is -0.493 e. The molecule has 1 heterocycles. The largest absolute Gasteiger partial charge is 0.493 e. The van der Waals surface area contributed by atoms with E-state index in [1.165, 1.54) is 0 Å². The van der Waals surface area contributed by atoms with E-state index in [1.54, 1.807) is 31.6 Å². The highest BCUT2D eigenvalue weighted by atomic mass is 32.1. The first-order valence-corrected chi connectivity index (χ1v) is 6.76. The predicted molar refractivity (Wildman–Crippen MR) is 78.3 cm³/mol. The van der Waals surface area contributed by atoms with Crippen molar-refractivity contribution in [2.75, 3.05) is 31.8 Å². The lowest BCUT2D eigenvalue weighted by Gasteiger charge is -2.13. The number of aromatic nitrogens is 1. The average molecular weight is 279 g/mol. The summed E-state index contributed by atoms with van der Waals surface area (Å²) in [6.07, 6.45) is 2.68. The van der Waals surface area contributed by atoms with E-state index in [9.17, 15) is 0 Å². The standard InChI is InChI=1S/C13H17N3O2S/c1-17-11-7-9(14)10(8-12(11)18-2)15-4-3-13-16-5-6-19-13/h5-8,15H,3-4,14H2,1-2H3. The molecule has 6 heteroatoms.